The largest absolute Gasteiger partial charge is 0.394 e. The number of ether oxygens (including phenoxy) is 1. The maximum atomic E-state index is 8.47. The Hall–Kier alpha value is -0.650. The van der Waals surface area contributed by atoms with Crippen LogP contribution in [0, 0.1) is 0 Å². The van der Waals surface area contributed by atoms with Crippen LogP contribution >= 0.6 is 15.9 Å². The molecule has 0 aliphatic rings. The average molecular weight is 261 g/mol. The molecule has 0 saturated carbocycles. The van der Waals surface area contributed by atoms with Crippen molar-refractivity contribution in [3.8, 4) is 0 Å². The van der Waals surface area contributed by atoms with Crippen molar-refractivity contribution in [2.24, 2.45) is 0 Å². The first-order valence-corrected chi connectivity index (χ1v) is 5.16. The molecule has 0 radical (unpaired) electrons. The number of aromatic nitrogens is 1. The van der Waals surface area contributed by atoms with Gasteiger partial charge in [-0.2, -0.15) is 0 Å². The van der Waals surface area contributed by atoms with Crippen molar-refractivity contribution in [2.75, 3.05) is 31.7 Å². The van der Waals surface area contributed by atoms with Crippen molar-refractivity contribution in [1.29, 1.82) is 0 Å². The van der Waals surface area contributed by atoms with E-state index < -0.39 is 0 Å². The highest BCUT2D eigenvalue weighted by Crippen LogP contribution is 2.19. The van der Waals surface area contributed by atoms with Crippen LogP contribution in [0.25, 0.3) is 0 Å². The second-order valence-electron chi connectivity index (χ2n) is 2.62. The Morgan fingerprint density at radius 2 is 2.36 bits per heavy atom. The molecule has 14 heavy (non-hydrogen) atoms. The minimum atomic E-state index is 0.0684. The molecule has 0 unspecified atom stereocenters. The molecule has 1 aromatic rings. The third-order valence-electron chi connectivity index (χ3n) is 1.57. The van der Waals surface area contributed by atoms with E-state index in [4.69, 9.17) is 9.84 Å². The zero-order chi connectivity index (χ0) is 10.2. The van der Waals surface area contributed by atoms with Gasteiger partial charge in [-0.05, 0) is 22.0 Å². The molecule has 0 fully saturated rings. The number of nitrogens with one attached hydrogen (secondary N) is 1. The summed E-state index contributed by atoms with van der Waals surface area (Å²) >= 11 is 3.37. The van der Waals surface area contributed by atoms with Gasteiger partial charge in [-0.25, -0.2) is 0 Å². The fourth-order valence-corrected chi connectivity index (χ4v) is 1.33. The number of hydrogen-bond acceptors (Lipinski definition) is 4. The highest BCUT2D eigenvalue weighted by Gasteiger charge is 1.96. The maximum Gasteiger partial charge on any atom is 0.0698 e. The van der Waals surface area contributed by atoms with Crippen LogP contribution in [0.3, 0.4) is 0 Å². The lowest BCUT2D eigenvalue weighted by atomic mass is 10.4. The minimum Gasteiger partial charge on any atom is -0.394 e. The van der Waals surface area contributed by atoms with Crippen LogP contribution in [0.5, 0.6) is 0 Å². The number of aliphatic hydroxyl groups is 1. The monoisotopic (exact) mass is 260 g/mol. The van der Waals surface area contributed by atoms with E-state index >= 15 is 0 Å². The molecule has 0 amide bonds. The lowest BCUT2D eigenvalue weighted by Crippen LogP contribution is -2.11. The number of anilines is 1. The Labute approximate surface area is 91.4 Å². The molecule has 1 aromatic heterocycles. The summed E-state index contributed by atoms with van der Waals surface area (Å²) < 4.78 is 6.03. The fourth-order valence-electron chi connectivity index (χ4n) is 0.943. The number of halogens is 1. The van der Waals surface area contributed by atoms with Gasteiger partial charge >= 0.3 is 0 Å². The highest BCUT2D eigenvalue weighted by molar-refractivity contribution is 9.10. The van der Waals surface area contributed by atoms with Gasteiger partial charge in [-0.15, -0.1) is 0 Å². The van der Waals surface area contributed by atoms with Gasteiger partial charge in [0.25, 0.3) is 0 Å². The Kier molecular flexibility index (Phi) is 5.51. The van der Waals surface area contributed by atoms with Crippen molar-refractivity contribution in [3.05, 3.63) is 22.9 Å². The van der Waals surface area contributed by atoms with Crippen molar-refractivity contribution in [3.63, 3.8) is 0 Å². The van der Waals surface area contributed by atoms with E-state index in [1.165, 1.54) is 0 Å². The van der Waals surface area contributed by atoms with Crippen LogP contribution < -0.4 is 5.32 Å². The molecule has 1 heterocycles. The number of pyridine rings is 1. The molecule has 1 rings (SSSR count). The predicted molar refractivity (Wildman–Crippen MR) is 58.3 cm³/mol. The molecule has 5 heteroatoms. The van der Waals surface area contributed by atoms with Gasteiger partial charge in [-0.1, -0.05) is 0 Å². The van der Waals surface area contributed by atoms with Crippen LogP contribution in [-0.4, -0.2) is 36.5 Å². The van der Waals surface area contributed by atoms with Gasteiger partial charge < -0.3 is 15.2 Å². The van der Waals surface area contributed by atoms with Crippen LogP contribution in [0.4, 0.5) is 5.69 Å². The molecule has 0 saturated heterocycles. The molecule has 0 bridgehead atoms. The van der Waals surface area contributed by atoms with Crippen LogP contribution in [0.2, 0.25) is 0 Å². The second-order valence-corrected chi connectivity index (χ2v) is 3.47. The zero-order valence-electron chi connectivity index (χ0n) is 7.74. The molecule has 0 aliphatic carbocycles. The SMILES string of the molecule is OCCOCCNc1ccncc1Br. The summed E-state index contributed by atoms with van der Waals surface area (Å²) in [6, 6.07) is 1.89. The second kappa shape index (κ2) is 6.75. The fraction of sp³-hybridized carbons (Fsp3) is 0.444. The van der Waals surface area contributed by atoms with Crippen molar-refractivity contribution >= 4 is 21.6 Å². The van der Waals surface area contributed by atoms with Gasteiger partial charge in [0.05, 0.1) is 30.0 Å². The summed E-state index contributed by atoms with van der Waals surface area (Å²) in [4.78, 5) is 3.95. The van der Waals surface area contributed by atoms with Gasteiger partial charge in [0.15, 0.2) is 0 Å². The summed E-state index contributed by atoms with van der Waals surface area (Å²) in [6.07, 6.45) is 3.46. The molecule has 2 N–H and O–H groups in total. The first-order valence-electron chi connectivity index (χ1n) is 4.36. The van der Waals surface area contributed by atoms with Crippen molar-refractivity contribution < 1.29 is 9.84 Å². The van der Waals surface area contributed by atoms with Crippen molar-refractivity contribution in [1.82, 2.24) is 4.98 Å². The van der Waals surface area contributed by atoms with Crippen LogP contribution in [0.1, 0.15) is 0 Å². The summed E-state index contributed by atoms with van der Waals surface area (Å²) in [5, 5.41) is 11.6. The first-order chi connectivity index (χ1) is 6.84. The van der Waals surface area contributed by atoms with E-state index in [2.05, 4.69) is 26.2 Å². The molecule has 0 aliphatic heterocycles. The van der Waals surface area contributed by atoms with E-state index in [1.54, 1.807) is 12.4 Å². The molecule has 0 atom stereocenters. The van der Waals surface area contributed by atoms with E-state index in [-0.39, 0.29) is 6.61 Å². The standard InChI is InChI=1S/C9H13BrN2O2/c10-8-7-11-2-1-9(8)12-3-5-14-6-4-13/h1-2,7,13H,3-6H2,(H,11,12). The van der Waals surface area contributed by atoms with E-state index in [9.17, 15) is 0 Å². The summed E-state index contributed by atoms with van der Waals surface area (Å²) in [5.41, 5.74) is 0.993. The average Bonchev–Trinajstić information content (AvgIpc) is 2.20. The Balaban J connectivity index is 2.21. The van der Waals surface area contributed by atoms with Gasteiger partial charge in [0.2, 0.25) is 0 Å². The van der Waals surface area contributed by atoms with E-state index in [0.29, 0.717) is 19.8 Å². The Bertz CT molecular complexity index is 271. The summed E-state index contributed by atoms with van der Waals surface area (Å²) in [5.74, 6) is 0. The van der Waals surface area contributed by atoms with E-state index in [0.717, 1.165) is 10.2 Å². The first kappa shape index (κ1) is 11.4. The normalized spacial score (nSPS) is 10.1. The molecular formula is C9H13BrN2O2. The topological polar surface area (TPSA) is 54.4 Å². The van der Waals surface area contributed by atoms with E-state index in [1.807, 2.05) is 6.07 Å². The smallest absolute Gasteiger partial charge is 0.0698 e. The van der Waals surface area contributed by atoms with Gasteiger partial charge in [0.1, 0.15) is 0 Å². The van der Waals surface area contributed by atoms with Gasteiger partial charge in [-0.3, -0.25) is 4.98 Å². The van der Waals surface area contributed by atoms with Crippen molar-refractivity contribution in [2.45, 2.75) is 0 Å². The number of nitrogens with zero attached hydrogens (tertiary/aromatic N) is 1. The molecule has 0 spiro atoms. The number of aliphatic hydroxyl groups excluding tert-OH is 1. The molecule has 0 aromatic carbocycles. The quantitative estimate of drug-likeness (QED) is 0.757. The number of rotatable bonds is 6. The summed E-state index contributed by atoms with van der Waals surface area (Å²) in [6.45, 7) is 1.75. The zero-order valence-corrected chi connectivity index (χ0v) is 9.33. The predicted octanol–water partition coefficient (Wildman–Crippen LogP) is 1.26. The highest BCUT2D eigenvalue weighted by atomic mass is 79.9. The third-order valence-corrected chi connectivity index (χ3v) is 2.20. The third kappa shape index (κ3) is 4.04. The lowest BCUT2D eigenvalue weighted by molar-refractivity contribution is 0.0992. The summed E-state index contributed by atoms with van der Waals surface area (Å²) in [7, 11) is 0. The molecule has 4 nitrogen and oxygen atoms in total. The van der Waals surface area contributed by atoms with Crippen LogP contribution in [-0.2, 0) is 4.74 Å². The Morgan fingerprint density at radius 3 is 3.07 bits per heavy atom. The Morgan fingerprint density at radius 1 is 1.50 bits per heavy atom. The van der Waals surface area contributed by atoms with Gasteiger partial charge in [0, 0.05) is 18.9 Å². The maximum absolute atomic E-state index is 8.47. The lowest BCUT2D eigenvalue weighted by Gasteiger charge is -2.07. The molecular weight excluding hydrogens is 248 g/mol. The minimum absolute atomic E-state index is 0.0684. The molecule has 78 valence electrons. The number of hydrogen-bond donors (Lipinski definition) is 2. The van der Waals surface area contributed by atoms with Crippen LogP contribution in [0.15, 0.2) is 22.9 Å².